The van der Waals surface area contributed by atoms with Crippen LogP contribution in [0.3, 0.4) is 0 Å². The fourth-order valence-electron chi connectivity index (χ4n) is 3.10. The molecule has 30 heavy (non-hydrogen) atoms. The molecule has 3 rings (SSSR count). The highest BCUT2D eigenvalue weighted by atomic mass is 32.2. The van der Waals surface area contributed by atoms with Crippen molar-refractivity contribution in [3.05, 3.63) is 60.2 Å². The van der Waals surface area contributed by atoms with Crippen LogP contribution in [0, 0.1) is 0 Å². The van der Waals surface area contributed by atoms with Gasteiger partial charge in [-0.3, -0.25) is 4.79 Å². The Bertz CT molecular complexity index is 1000. The molecule has 1 amide bonds. The molecule has 160 valence electrons. The molecule has 8 nitrogen and oxygen atoms in total. The van der Waals surface area contributed by atoms with Gasteiger partial charge in [0.1, 0.15) is 0 Å². The van der Waals surface area contributed by atoms with Crippen molar-refractivity contribution in [3.8, 4) is 0 Å². The Morgan fingerprint density at radius 2 is 1.63 bits per heavy atom. The SMILES string of the molecule is CN(C)C(=O)COC(=O)c1cccc(S(=O)(=O)N2CCN(c3ccccc3)CC2)c1. The normalized spacial score (nSPS) is 14.9. The third-order valence-electron chi connectivity index (χ3n) is 4.89. The van der Waals surface area contributed by atoms with E-state index in [-0.39, 0.29) is 16.4 Å². The Kier molecular flexibility index (Phi) is 6.73. The maximum Gasteiger partial charge on any atom is 0.338 e. The summed E-state index contributed by atoms with van der Waals surface area (Å²) in [5, 5.41) is 0. The molecule has 1 aliphatic rings. The van der Waals surface area contributed by atoms with E-state index < -0.39 is 22.6 Å². The largest absolute Gasteiger partial charge is 0.452 e. The number of hydrogen-bond donors (Lipinski definition) is 0. The van der Waals surface area contributed by atoms with Gasteiger partial charge < -0.3 is 14.5 Å². The molecule has 0 atom stereocenters. The highest BCUT2D eigenvalue weighted by molar-refractivity contribution is 7.89. The van der Waals surface area contributed by atoms with Gasteiger partial charge in [0.05, 0.1) is 10.5 Å². The molecule has 2 aromatic carbocycles. The van der Waals surface area contributed by atoms with Gasteiger partial charge in [-0.2, -0.15) is 4.31 Å². The Labute approximate surface area is 176 Å². The summed E-state index contributed by atoms with van der Waals surface area (Å²) < 4.78 is 32.5. The van der Waals surface area contributed by atoms with Crippen LogP contribution in [0.15, 0.2) is 59.5 Å². The van der Waals surface area contributed by atoms with Crippen molar-refractivity contribution in [2.75, 3.05) is 51.8 Å². The second kappa shape index (κ2) is 9.27. The van der Waals surface area contributed by atoms with Gasteiger partial charge in [-0.1, -0.05) is 24.3 Å². The number of para-hydroxylation sites is 1. The number of rotatable bonds is 6. The van der Waals surface area contributed by atoms with Gasteiger partial charge in [-0.25, -0.2) is 13.2 Å². The van der Waals surface area contributed by atoms with E-state index in [9.17, 15) is 18.0 Å². The predicted octanol–water partition coefficient (Wildman–Crippen LogP) is 1.44. The van der Waals surface area contributed by atoms with E-state index in [1.54, 1.807) is 14.1 Å². The average molecular weight is 432 g/mol. The molecule has 0 spiro atoms. The molecule has 0 unspecified atom stereocenters. The minimum Gasteiger partial charge on any atom is -0.452 e. The zero-order valence-corrected chi connectivity index (χ0v) is 17.8. The molecule has 0 radical (unpaired) electrons. The third kappa shape index (κ3) is 4.98. The van der Waals surface area contributed by atoms with Crippen LogP contribution in [-0.4, -0.2) is 76.4 Å². The molecule has 9 heteroatoms. The van der Waals surface area contributed by atoms with Gasteiger partial charge in [-0.15, -0.1) is 0 Å². The lowest BCUT2D eigenvalue weighted by molar-refractivity contribution is -0.131. The minimum atomic E-state index is -3.74. The molecule has 1 heterocycles. The van der Waals surface area contributed by atoms with Gasteiger partial charge >= 0.3 is 5.97 Å². The monoisotopic (exact) mass is 431 g/mol. The second-order valence-corrected chi connectivity index (χ2v) is 9.06. The maximum atomic E-state index is 13.1. The maximum absolute atomic E-state index is 13.1. The zero-order valence-electron chi connectivity index (χ0n) is 17.0. The summed E-state index contributed by atoms with van der Waals surface area (Å²) in [5.41, 5.74) is 1.15. The standard InChI is InChI=1S/C21H25N3O5S/c1-22(2)20(25)16-29-21(26)17-7-6-10-19(15-17)30(27,28)24-13-11-23(12-14-24)18-8-4-3-5-9-18/h3-10,15H,11-14,16H2,1-2H3. The highest BCUT2D eigenvalue weighted by Crippen LogP contribution is 2.22. The molecule has 2 aromatic rings. The molecule has 1 aliphatic heterocycles. The fraction of sp³-hybridized carbons (Fsp3) is 0.333. The lowest BCUT2D eigenvalue weighted by atomic mass is 10.2. The van der Waals surface area contributed by atoms with Gasteiger partial charge in [-0.05, 0) is 30.3 Å². The highest BCUT2D eigenvalue weighted by Gasteiger charge is 2.29. The molecule has 0 aliphatic carbocycles. The first-order valence-electron chi connectivity index (χ1n) is 9.56. The number of esters is 1. The number of nitrogens with zero attached hydrogens (tertiary/aromatic N) is 3. The number of carbonyl (C=O) groups is 2. The van der Waals surface area contributed by atoms with Crippen LogP contribution in [0.5, 0.6) is 0 Å². The number of hydrogen-bond acceptors (Lipinski definition) is 6. The van der Waals surface area contributed by atoms with E-state index in [0.29, 0.717) is 26.2 Å². The van der Waals surface area contributed by atoms with Crippen molar-refractivity contribution < 1.29 is 22.7 Å². The van der Waals surface area contributed by atoms with Crippen molar-refractivity contribution in [2.45, 2.75) is 4.90 Å². The zero-order chi connectivity index (χ0) is 21.7. The number of ether oxygens (including phenoxy) is 1. The Morgan fingerprint density at radius 1 is 0.967 bits per heavy atom. The quantitative estimate of drug-likeness (QED) is 0.644. The molecule has 1 saturated heterocycles. The summed E-state index contributed by atoms with van der Waals surface area (Å²) in [4.78, 5) is 27.3. The summed E-state index contributed by atoms with van der Waals surface area (Å²) in [5.74, 6) is -1.10. The first kappa shape index (κ1) is 21.8. The number of sulfonamides is 1. The van der Waals surface area contributed by atoms with E-state index in [4.69, 9.17) is 4.74 Å². The van der Waals surface area contributed by atoms with Gasteiger partial charge in [0.15, 0.2) is 6.61 Å². The average Bonchev–Trinajstić information content (AvgIpc) is 2.78. The van der Waals surface area contributed by atoms with Crippen LogP contribution in [0.4, 0.5) is 5.69 Å². The van der Waals surface area contributed by atoms with Crippen molar-refractivity contribution in [1.29, 1.82) is 0 Å². The first-order chi connectivity index (χ1) is 14.3. The number of benzene rings is 2. The van der Waals surface area contributed by atoms with Crippen LogP contribution >= 0.6 is 0 Å². The van der Waals surface area contributed by atoms with E-state index in [1.807, 2.05) is 30.3 Å². The van der Waals surface area contributed by atoms with Crippen LogP contribution < -0.4 is 4.90 Å². The number of carbonyl (C=O) groups excluding carboxylic acids is 2. The summed E-state index contributed by atoms with van der Waals surface area (Å²) in [7, 11) is -0.632. The first-order valence-corrected chi connectivity index (χ1v) is 11.0. The summed E-state index contributed by atoms with van der Waals surface area (Å²) in [6.07, 6.45) is 0. The fourth-order valence-corrected chi connectivity index (χ4v) is 4.57. The number of amides is 1. The van der Waals surface area contributed by atoms with E-state index in [0.717, 1.165) is 5.69 Å². The predicted molar refractivity (Wildman–Crippen MR) is 113 cm³/mol. The number of piperazine rings is 1. The van der Waals surface area contributed by atoms with Crippen LogP contribution in [-0.2, 0) is 19.6 Å². The number of anilines is 1. The summed E-state index contributed by atoms with van der Waals surface area (Å²) in [6, 6.07) is 15.6. The van der Waals surface area contributed by atoms with Gasteiger partial charge in [0, 0.05) is 46.0 Å². The van der Waals surface area contributed by atoms with Crippen LogP contribution in [0.1, 0.15) is 10.4 Å². The molecule has 0 bridgehead atoms. The van der Waals surface area contributed by atoms with E-state index >= 15 is 0 Å². The second-order valence-electron chi connectivity index (χ2n) is 7.12. The lowest BCUT2D eigenvalue weighted by Crippen LogP contribution is -2.48. The molecule has 0 N–H and O–H groups in total. The van der Waals surface area contributed by atoms with Crippen molar-refractivity contribution in [2.24, 2.45) is 0 Å². The summed E-state index contributed by atoms with van der Waals surface area (Å²) >= 11 is 0. The number of likely N-dealkylation sites (N-methyl/N-ethyl adjacent to an activating group) is 1. The van der Waals surface area contributed by atoms with Crippen molar-refractivity contribution >= 4 is 27.6 Å². The Balaban J connectivity index is 1.67. The molecule has 0 saturated carbocycles. The minimum absolute atomic E-state index is 0.0315. The van der Waals surface area contributed by atoms with Gasteiger partial charge in [0.2, 0.25) is 10.0 Å². The molecule has 1 fully saturated rings. The van der Waals surface area contributed by atoms with Crippen molar-refractivity contribution in [1.82, 2.24) is 9.21 Å². The van der Waals surface area contributed by atoms with E-state index in [2.05, 4.69) is 4.90 Å². The van der Waals surface area contributed by atoms with Crippen LogP contribution in [0.25, 0.3) is 0 Å². The molecular weight excluding hydrogens is 406 g/mol. The molecule has 0 aromatic heterocycles. The Morgan fingerprint density at radius 3 is 2.27 bits per heavy atom. The summed E-state index contributed by atoms with van der Waals surface area (Å²) in [6.45, 7) is 1.46. The smallest absolute Gasteiger partial charge is 0.338 e. The molecular formula is C21H25N3O5S. The lowest BCUT2D eigenvalue weighted by Gasteiger charge is -2.35. The Hall–Kier alpha value is -2.91. The van der Waals surface area contributed by atoms with Gasteiger partial charge in [0.25, 0.3) is 5.91 Å². The van der Waals surface area contributed by atoms with Crippen LogP contribution in [0.2, 0.25) is 0 Å². The topological polar surface area (TPSA) is 87.2 Å². The van der Waals surface area contributed by atoms with Crippen molar-refractivity contribution in [3.63, 3.8) is 0 Å². The van der Waals surface area contributed by atoms with E-state index in [1.165, 1.54) is 33.5 Å². The third-order valence-corrected chi connectivity index (χ3v) is 6.79.